The van der Waals surface area contributed by atoms with Crippen LogP contribution in [-0.4, -0.2) is 45.5 Å². The molecule has 1 fully saturated rings. The van der Waals surface area contributed by atoms with Gasteiger partial charge in [-0.25, -0.2) is 0 Å². The largest absolute Gasteiger partial charge is 0.399 e. The van der Waals surface area contributed by atoms with Crippen molar-refractivity contribution < 1.29 is 4.79 Å². The zero-order valence-electron chi connectivity index (χ0n) is 18.7. The Balaban J connectivity index is 1.49. The van der Waals surface area contributed by atoms with Gasteiger partial charge < -0.3 is 26.2 Å². The van der Waals surface area contributed by atoms with Crippen molar-refractivity contribution in [1.29, 1.82) is 0 Å². The number of amides is 1. The van der Waals surface area contributed by atoms with Crippen LogP contribution in [0.15, 0.2) is 42.5 Å². The van der Waals surface area contributed by atoms with Crippen molar-refractivity contribution >= 4 is 75.1 Å². The van der Waals surface area contributed by atoms with Crippen molar-refractivity contribution in [2.75, 3.05) is 35.6 Å². The fourth-order valence-corrected chi connectivity index (χ4v) is 5.33. The monoisotopic (exact) mass is 539 g/mol. The highest BCUT2D eigenvalue weighted by atomic mass is 35.6. The van der Waals surface area contributed by atoms with Gasteiger partial charge in [0.25, 0.3) is 0 Å². The molecule has 6 nitrogen and oxygen atoms in total. The van der Waals surface area contributed by atoms with Crippen LogP contribution in [0.2, 0.25) is 0 Å². The number of nitrogens with zero attached hydrogens (tertiary/aromatic N) is 2. The number of hydrogen-bond donors (Lipinski definition) is 3. The van der Waals surface area contributed by atoms with E-state index in [1.54, 1.807) is 0 Å². The van der Waals surface area contributed by atoms with Crippen LogP contribution in [0.5, 0.6) is 0 Å². The van der Waals surface area contributed by atoms with Gasteiger partial charge in [-0.3, -0.25) is 4.79 Å². The Morgan fingerprint density at radius 1 is 1.15 bits per heavy atom. The summed E-state index contributed by atoms with van der Waals surface area (Å²) in [6.07, 6.45) is 2.85. The fourth-order valence-electron chi connectivity index (χ4n) is 4.43. The number of nitrogens with two attached hydrogens (primary N) is 1. The zero-order valence-corrected chi connectivity index (χ0v) is 21.8. The highest BCUT2D eigenvalue weighted by Crippen LogP contribution is 2.37. The van der Waals surface area contributed by atoms with Gasteiger partial charge >= 0.3 is 0 Å². The number of halogens is 3. The van der Waals surface area contributed by atoms with E-state index in [1.165, 1.54) is 5.56 Å². The molecule has 1 saturated heterocycles. The Labute approximate surface area is 220 Å². The molecule has 0 radical (unpaired) electrons. The molecule has 1 atom stereocenters. The first-order valence-electron chi connectivity index (χ1n) is 11.4. The summed E-state index contributed by atoms with van der Waals surface area (Å²) in [5.74, 6) is -0.216. The van der Waals surface area contributed by atoms with Gasteiger partial charge in [-0.15, -0.1) is 0 Å². The van der Waals surface area contributed by atoms with Gasteiger partial charge in [-0.2, -0.15) is 0 Å². The molecule has 0 saturated carbocycles. The second-order valence-electron chi connectivity index (χ2n) is 8.58. The van der Waals surface area contributed by atoms with Crippen LogP contribution >= 0.6 is 47.0 Å². The van der Waals surface area contributed by atoms with Crippen molar-refractivity contribution in [3.8, 4) is 0 Å². The number of carbonyl (C=O) groups excluding carboxylic acids is 1. The van der Waals surface area contributed by atoms with Crippen LogP contribution in [0.4, 0.5) is 17.1 Å². The summed E-state index contributed by atoms with van der Waals surface area (Å²) < 4.78 is -1.77. The molecule has 1 unspecified atom stereocenters. The number of hydrogen-bond acceptors (Lipinski definition) is 4. The van der Waals surface area contributed by atoms with E-state index in [0.717, 1.165) is 49.3 Å². The number of anilines is 3. The number of alkyl halides is 3. The number of aryl methyl sites for hydroxylation is 2. The minimum atomic E-state index is -1.77. The Hall–Kier alpha value is -1.93. The molecule has 0 aliphatic carbocycles. The van der Waals surface area contributed by atoms with E-state index in [1.807, 2.05) is 35.2 Å². The van der Waals surface area contributed by atoms with Gasteiger partial charge in [-0.05, 0) is 67.2 Å². The summed E-state index contributed by atoms with van der Waals surface area (Å²) in [5, 5.41) is 6.96. The Bertz CT molecular complexity index is 1040. The van der Waals surface area contributed by atoms with Crippen LogP contribution in [0, 0.1) is 0 Å². The lowest BCUT2D eigenvalue weighted by molar-refractivity contribution is -0.122. The summed E-state index contributed by atoms with van der Waals surface area (Å²) in [6.45, 7) is 2.26. The van der Waals surface area contributed by atoms with E-state index in [2.05, 4.69) is 27.7 Å². The molecule has 0 aromatic heterocycles. The predicted octanol–water partition coefficient (Wildman–Crippen LogP) is 4.87. The number of thiocarbonyl (C=S) groups is 1. The number of benzene rings is 2. The van der Waals surface area contributed by atoms with Crippen molar-refractivity contribution in [3.63, 3.8) is 0 Å². The second-order valence-corrected chi connectivity index (χ2v) is 11.3. The molecule has 10 heteroatoms. The average molecular weight is 541 g/mol. The summed E-state index contributed by atoms with van der Waals surface area (Å²) in [4.78, 5) is 16.7. The van der Waals surface area contributed by atoms with E-state index in [4.69, 9.17) is 52.8 Å². The van der Waals surface area contributed by atoms with Crippen molar-refractivity contribution in [3.05, 3.63) is 53.6 Å². The molecular formula is C24H28Cl3N5OS. The van der Waals surface area contributed by atoms with Gasteiger partial charge in [0.2, 0.25) is 9.70 Å². The topological polar surface area (TPSA) is 73.6 Å². The third-order valence-corrected chi connectivity index (χ3v) is 7.22. The molecule has 2 aliphatic rings. The first-order chi connectivity index (χ1) is 16.2. The molecule has 2 aromatic carbocycles. The highest BCUT2D eigenvalue weighted by molar-refractivity contribution is 7.80. The third-order valence-electron chi connectivity index (χ3n) is 6.14. The van der Waals surface area contributed by atoms with Gasteiger partial charge in [0, 0.05) is 31.7 Å². The number of para-hydroxylation sites is 1. The lowest BCUT2D eigenvalue weighted by Gasteiger charge is -2.45. The van der Waals surface area contributed by atoms with Crippen LogP contribution in [0.25, 0.3) is 0 Å². The lowest BCUT2D eigenvalue weighted by atomic mass is 10.0. The van der Waals surface area contributed by atoms with E-state index in [9.17, 15) is 4.79 Å². The molecule has 2 aromatic rings. The minimum Gasteiger partial charge on any atom is -0.399 e. The lowest BCUT2D eigenvalue weighted by Crippen LogP contribution is -2.62. The smallest absolute Gasteiger partial charge is 0.228 e. The first kappa shape index (κ1) is 25.2. The number of nitrogens with one attached hydrogen (secondary N) is 2. The van der Waals surface area contributed by atoms with Crippen LogP contribution in [0.1, 0.15) is 30.4 Å². The fraction of sp³-hybridized carbons (Fsp3) is 0.417. The third kappa shape index (κ3) is 5.82. The van der Waals surface area contributed by atoms with Crippen molar-refractivity contribution in [2.24, 2.45) is 0 Å². The second kappa shape index (κ2) is 10.8. The maximum atomic E-state index is 12.8. The summed E-state index contributed by atoms with van der Waals surface area (Å²) in [7, 11) is 0. The molecular weight excluding hydrogens is 513 g/mol. The summed E-state index contributed by atoms with van der Waals surface area (Å²) in [6, 6.07) is 13.7. The maximum absolute atomic E-state index is 12.8. The molecule has 2 aliphatic heterocycles. The number of carbonyl (C=O) groups is 1. The zero-order chi connectivity index (χ0) is 24.3. The minimum absolute atomic E-state index is 0.216. The molecule has 4 rings (SSSR count). The van der Waals surface area contributed by atoms with Crippen molar-refractivity contribution in [2.45, 2.75) is 42.1 Å². The molecule has 4 N–H and O–H groups in total. The normalized spacial score (nSPS) is 17.1. The average Bonchev–Trinajstić information content (AvgIpc) is 2.82. The molecule has 34 heavy (non-hydrogen) atoms. The SMILES string of the molecule is Nc1ccc(CCC(=O)NC(N2CCCN(c3cccc4c3NCCC4)C2=S)C(Cl)(Cl)Cl)cc1. The number of rotatable bonds is 6. The van der Waals surface area contributed by atoms with E-state index in [-0.39, 0.29) is 12.3 Å². The Morgan fingerprint density at radius 2 is 1.91 bits per heavy atom. The Kier molecular flexibility index (Phi) is 7.97. The highest BCUT2D eigenvalue weighted by Gasteiger charge is 2.42. The van der Waals surface area contributed by atoms with E-state index < -0.39 is 9.96 Å². The number of fused-ring (bicyclic) bond motifs is 1. The summed E-state index contributed by atoms with van der Waals surface area (Å²) >= 11 is 24.9. The van der Waals surface area contributed by atoms with Crippen LogP contribution < -0.4 is 21.3 Å². The van der Waals surface area contributed by atoms with Gasteiger partial charge in [0.05, 0.1) is 11.4 Å². The van der Waals surface area contributed by atoms with Gasteiger partial charge in [0.1, 0.15) is 0 Å². The molecule has 182 valence electrons. The van der Waals surface area contributed by atoms with E-state index >= 15 is 0 Å². The molecule has 1 amide bonds. The quantitative estimate of drug-likeness (QED) is 0.276. The van der Waals surface area contributed by atoms with Crippen LogP contribution in [0.3, 0.4) is 0 Å². The molecule has 0 bridgehead atoms. The predicted molar refractivity (Wildman–Crippen MR) is 146 cm³/mol. The Morgan fingerprint density at radius 3 is 2.65 bits per heavy atom. The van der Waals surface area contributed by atoms with Gasteiger partial charge in [-0.1, -0.05) is 59.1 Å². The van der Waals surface area contributed by atoms with Crippen LogP contribution in [-0.2, 0) is 17.6 Å². The molecule has 2 heterocycles. The van der Waals surface area contributed by atoms with Crippen molar-refractivity contribution in [1.82, 2.24) is 10.2 Å². The summed E-state index contributed by atoms with van der Waals surface area (Å²) in [5.41, 5.74) is 10.8. The molecule has 0 spiro atoms. The number of nitrogen functional groups attached to an aromatic ring is 1. The van der Waals surface area contributed by atoms with Gasteiger partial charge in [0.15, 0.2) is 11.3 Å². The first-order valence-corrected chi connectivity index (χ1v) is 12.9. The standard InChI is InChI=1S/C24H28Cl3N5OS/c25-24(26,27)22(30-20(33)12-9-16-7-10-18(28)11-8-16)32-15-3-14-31(23(32)34)19-6-1-4-17-5-2-13-29-21(17)19/h1,4,6-8,10-11,22,29H,2-3,5,9,12-15,28H2,(H,30,33). The van der Waals surface area contributed by atoms with E-state index in [0.29, 0.717) is 23.8 Å². The maximum Gasteiger partial charge on any atom is 0.228 e.